The topological polar surface area (TPSA) is 196 Å². The van der Waals surface area contributed by atoms with Crippen molar-refractivity contribution in [2.45, 2.75) is 13.3 Å². The van der Waals surface area contributed by atoms with Crippen LogP contribution in [0.5, 0.6) is 11.5 Å². The quantitative estimate of drug-likeness (QED) is 0.215. The number of hydrogen-bond donors (Lipinski definition) is 3. The number of rotatable bonds is 4. The van der Waals surface area contributed by atoms with E-state index in [1.807, 2.05) is 22.2 Å². The maximum Gasteiger partial charge on any atom is 0.308 e. The van der Waals surface area contributed by atoms with Gasteiger partial charge in [0.25, 0.3) is 5.91 Å². The molecule has 1 aliphatic heterocycles. The lowest BCUT2D eigenvalue weighted by molar-refractivity contribution is -0.115. The van der Waals surface area contributed by atoms with Crippen LogP contribution in [0.1, 0.15) is 13.3 Å². The molecule has 2 heterocycles. The molecule has 1 atom stereocenters. The molecule has 0 saturated carbocycles. The molecule has 1 aromatic heterocycles. The number of nitrogens with one attached hydrogen (secondary N) is 1. The molecule has 1 amide bonds. The Labute approximate surface area is 191 Å². The van der Waals surface area contributed by atoms with E-state index in [-0.39, 0.29) is 0 Å². The molecule has 0 fully saturated rings. The molecule has 16 heteroatoms. The van der Waals surface area contributed by atoms with Crippen LogP contribution in [0.2, 0.25) is 0 Å². The molecule has 1 aliphatic rings. The second kappa shape index (κ2) is 14.6. The van der Waals surface area contributed by atoms with E-state index in [0.29, 0.717) is 0 Å². The fourth-order valence-corrected chi connectivity index (χ4v) is 3.28. The molecular weight excluding hydrogens is 510 g/mol. The Morgan fingerprint density at radius 2 is 1.75 bits per heavy atom. The number of hydrogen-bond acceptors (Lipinski definition) is 10. The molecule has 2 rings (SSSR count). The van der Waals surface area contributed by atoms with Gasteiger partial charge in [0.15, 0.2) is 11.5 Å². The largest absolute Gasteiger partial charge is 0.750 e. The highest BCUT2D eigenvalue weighted by Gasteiger charge is 2.25. The highest BCUT2D eigenvalue weighted by molar-refractivity contribution is 7.92. The lowest BCUT2D eigenvalue weighted by Gasteiger charge is -2.03. The summed E-state index contributed by atoms with van der Waals surface area (Å²) in [6.07, 6.45) is 0.985. The van der Waals surface area contributed by atoms with Gasteiger partial charge in [0.2, 0.25) is 14.9 Å². The highest BCUT2D eigenvalue weighted by Crippen LogP contribution is 2.32. The maximum atomic E-state index is 11.3. The second-order valence-corrected chi connectivity index (χ2v) is 9.61. The molecule has 0 aromatic carbocycles. The average Bonchev–Trinajstić information content (AvgIpc) is 3.00. The first-order valence-corrected chi connectivity index (χ1v) is 13.2. The zero-order valence-corrected chi connectivity index (χ0v) is 19.7. The van der Waals surface area contributed by atoms with Crippen molar-refractivity contribution in [2.24, 2.45) is 0 Å². The van der Waals surface area contributed by atoms with Gasteiger partial charge in [-0.1, -0.05) is 5.73 Å². The van der Waals surface area contributed by atoms with Crippen LogP contribution in [0.15, 0.2) is 45.2 Å². The van der Waals surface area contributed by atoms with Crippen molar-refractivity contribution in [3.63, 3.8) is 0 Å². The summed E-state index contributed by atoms with van der Waals surface area (Å²) in [4.78, 5) is 10.0. The molecule has 0 saturated heterocycles. The van der Waals surface area contributed by atoms with Crippen molar-refractivity contribution >= 4 is 48.7 Å². The van der Waals surface area contributed by atoms with Crippen molar-refractivity contribution in [1.82, 2.24) is 4.72 Å². The zero-order valence-electron chi connectivity index (χ0n) is 16.4. The summed E-state index contributed by atoms with van der Waals surface area (Å²) >= 11 is -1.25. The van der Waals surface area contributed by atoms with Crippen LogP contribution in [0, 0.1) is 0 Å². The average molecular weight is 529 g/mol. The van der Waals surface area contributed by atoms with Crippen LogP contribution in [-0.2, 0) is 36.3 Å². The SMILES string of the molecule is C=C=C=C=C=C(C(=O)NS(=O)(=O)CC)S(=O)(=O)O.O=S([O-])O.c1scc2c1OCCCO2. The summed E-state index contributed by atoms with van der Waals surface area (Å²) in [6, 6.07) is 0. The smallest absolute Gasteiger partial charge is 0.308 e. The lowest BCUT2D eigenvalue weighted by Crippen LogP contribution is -2.34. The van der Waals surface area contributed by atoms with E-state index < -0.39 is 48.1 Å². The van der Waals surface area contributed by atoms with E-state index in [1.54, 1.807) is 17.1 Å². The number of amides is 1. The molecule has 0 radical (unpaired) electrons. The van der Waals surface area contributed by atoms with Crippen LogP contribution in [-0.4, -0.2) is 59.6 Å². The fourth-order valence-electron chi connectivity index (χ4n) is 1.54. The third-order valence-electron chi connectivity index (χ3n) is 2.82. The van der Waals surface area contributed by atoms with E-state index in [1.165, 1.54) is 11.6 Å². The monoisotopic (exact) mass is 528 g/mol. The molecular formula is C16H18NO11S4-. The Hall–Kier alpha value is -2.44. The van der Waals surface area contributed by atoms with Crippen molar-refractivity contribution < 1.29 is 49.0 Å². The van der Waals surface area contributed by atoms with Crippen LogP contribution in [0.4, 0.5) is 0 Å². The Morgan fingerprint density at radius 1 is 1.25 bits per heavy atom. The molecule has 0 spiro atoms. The third kappa shape index (κ3) is 13.1. The molecule has 0 aliphatic carbocycles. The number of sulfonamides is 1. The number of ether oxygens (including phenoxy) is 2. The van der Waals surface area contributed by atoms with Gasteiger partial charge in [0.05, 0.1) is 30.3 Å². The van der Waals surface area contributed by atoms with E-state index in [2.05, 4.69) is 12.3 Å². The van der Waals surface area contributed by atoms with E-state index in [9.17, 15) is 21.6 Å². The normalized spacial score (nSPS) is 12.9. The second-order valence-electron chi connectivity index (χ2n) is 5.06. The Kier molecular flexibility index (Phi) is 13.5. The summed E-state index contributed by atoms with van der Waals surface area (Å²) < 4.78 is 88.8. The van der Waals surface area contributed by atoms with Gasteiger partial charge in [-0.15, -0.1) is 11.3 Å². The van der Waals surface area contributed by atoms with E-state index in [0.717, 1.165) is 31.1 Å². The standard InChI is InChI=1S/C9H9NO6S2.C7H8O2S.H2O3S/c1-3-5-6-7-8(18(14,15)16)9(11)10-17(12,13)4-2;1-2-8-6-4-10-5-7(6)9-3-1;1-4(2)3/h1,4H2,2H3,(H,10,11)(H,14,15,16);4-5H,1-3H2;(H2,1,2,3)/p-1. The van der Waals surface area contributed by atoms with Gasteiger partial charge in [-0.25, -0.2) is 17.3 Å². The summed E-state index contributed by atoms with van der Waals surface area (Å²) in [5.74, 6) is -0.174. The number of fused-ring (bicyclic) bond motifs is 1. The first kappa shape index (κ1) is 29.6. The maximum absolute atomic E-state index is 11.3. The van der Waals surface area contributed by atoms with Crippen LogP contribution < -0.4 is 14.2 Å². The minimum atomic E-state index is -4.95. The summed E-state index contributed by atoms with van der Waals surface area (Å²) in [5, 5.41) is 3.95. The van der Waals surface area contributed by atoms with Crippen LogP contribution >= 0.6 is 11.3 Å². The molecule has 1 aromatic rings. The minimum absolute atomic E-state index is 0.441. The fraction of sp³-hybridized carbons (Fsp3) is 0.312. The van der Waals surface area contributed by atoms with Crippen LogP contribution in [0.25, 0.3) is 0 Å². The number of thiophene rings is 1. The van der Waals surface area contributed by atoms with Gasteiger partial charge in [0, 0.05) is 17.2 Å². The number of carbonyl (C=O) groups excluding carboxylic acids is 1. The minimum Gasteiger partial charge on any atom is -0.750 e. The summed E-state index contributed by atoms with van der Waals surface area (Å²) in [7, 11) is -8.91. The predicted molar refractivity (Wildman–Crippen MR) is 114 cm³/mol. The Bertz CT molecular complexity index is 1150. The van der Waals surface area contributed by atoms with Crippen LogP contribution in [0.3, 0.4) is 0 Å². The Balaban J connectivity index is 0.000000565. The number of carbonyl (C=O) groups is 1. The first-order valence-electron chi connectivity index (χ1n) is 8.11. The predicted octanol–water partition coefficient (Wildman–Crippen LogP) is 0.722. The summed E-state index contributed by atoms with van der Waals surface area (Å²) in [5.41, 5.74) is 7.76. The first-order chi connectivity index (χ1) is 14.8. The lowest BCUT2D eigenvalue weighted by atomic mass is 10.5. The van der Waals surface area contributed by atoms with Gasteiger partial charge in [-0.05, 0) is 30.7 Å². The van der Waals surface area contributed by atoms with Gasteiger partial charge >= 0.3 is 10.1 Å². The molecule has 12 nitrogen and oxygen atoms in total. The van der Waals surface area contributed by atoms with Gasteiger partial charge in [-0.2, -0.15) is 8.42 Å². The molecule has 32 heavy (non-hydrogen) atoms. The molecule has 1 unspecified atom stereocenters. The van der Waals surface area contributed by atoms with Crippen molar-refractivity contribution in [1.29, 1.82) is 0 Å². The van der Waals surface area contributed by atoms with Crippen molar-refractivity contribution in [2.75, 3.05) is 19.0 Å². The van der Waals surface area contributed by atoms with Crippen molar-refractivity contribution in [3.8, 4) is 11.5 Å². The molecule has 3 N–H and O–H groups in total. The Morgan fingerprint density at radius 3 is 2.16 bits per heavy atom. The molecule has 178 valence electrons. The van der Waals surface area contributed by atoms with Gasteiger partial charge in [-0.3, -0.25) is 9.35 Å². The highest BCUT2D eigenvalue weighted by atomic mass is 32.2. The summed E-state index contributed by atoms with van der Waals surface area (Å²) in [6.45, 7) is 5.88. The van der Waals surface area contributed by atoms with Crippen molar-refractivity contribution in [3.05, 3.63) is 45.2 Å². The van der Waals surface area contributed by atoms with Gasteiger partial charge < -0.3 is 18.6 Å². The third-order valence-corrected chi connectivity index (χ3v) is 5.58. The van der Waals surface area contributed by atoms with Gasteiger partial charge in [0.1, 0.15) is 0 Å². The van der Waals surface area contributed by atoms with E-state index in [4.69, 9.17) is 27.3 Å². The molecule has 0 bridgehead atoms. The zero-order chi connectivity index (χ0) is 24.8. The van der Waals surface area contributed by atoms with E-state index >= 15 is 0 Å².